The highest BCUT2D eigenvalue weighted by Crippen LogP contribution is 2.26. The number of aryl methyl sites for hydroxylation is 1. The van der Waals surface area contributed by atoms with Gasteiger partial charge in [-0.05, 0) is 58.2 Å². The fourth-order valence-electron chi connectivity index (χ4n) is 2.34. The molecule has 0 N–H and O–H groups in total. The third kappa shape index (κ3) is 4.92. The molecular formula is C16H24N2O2S. The van der Waals surface area contributed by atoms with Crippen molar-refractivity contribution in [3.63, 3.8) is 0 Å². The van der Waals surface area contributed by atoms with Gasteiger partial charge >= 0.3 is 6.09 Å². The van der Waals surface area contributed by atoms with Crippen molar-refractivity contribution in [2.24, 2.45) is 0 Å². The summed E-state index contributed by atoms with van der Waals surface area (Å²) in [6.07, 6.45) is 3.73. The average Bonchev–Trinajstić information content (AvgIpc) is 2.83. The van der Waals surface area contributed by atoms with Crippen LogP contribution in [0.15, 0.2) is 23.4 Å². The Morgan fingerprint density at radius 3 is 2.95 bits per heavy atom. The molecule has 0 radical (unpaired) electrons. The molecule has 1 aliphatic heterocycles. The van der Waals surface area contributed by atoms with E-state index in [9.17, 15) is 4.79 Å². The van der Waals surface area contributed by atoms with Gasteiger partial charge in [0, 0.05) is 24.5 Å². The number of hydrogen-bond acceptors (Lipinski definition) is 4. The van der Waals surface area contributed by atoms with E-state index in [0.29, 0.717) is 0 Å². The second kappa shape index (κ2) is 6.69. The number of hydrogen-bond donors (Lipinski definition) is 0. The lowest BCUT2D eigenvalue weighted by Crippen LogP contribution is -2.40. The summed E-state index contributed by atoms with van der Waals surface area (Å²) in [6, 6.07) is 4.32. The molecule has 0 aromatic carbocycles. The first kappa shape index (κ1) is 16.1. The van der Waals surface area contributed by atoms with Gasteiger partial charge in [-0.3, -0.25) is 0 Å². The number of thioether (sulfide) groups is 1. The molecule has 0 bridgehead atoms. The number of nitrogens with zero attached hydrogens (tertiary/aromatic N) is 2. The quantitative estimate of drug-likeness (QED) is 0.795. The van der Waals surface area contributed by atoms with Crippen molar-refractivity contribution in [1.82, 2.24) is 9.88 Å². The molecule has 5 heteroatoms. The topological polar surface area (TPSA) is 42.4 Å². The minimum atomic E-state index is -0.435. The van der Waals surface area contributed by atoms with Gasteiger partial charge in [0.1, 0.15) is 5.60 Å². The Kier molecular flexibility index (Phi) is 5.14. The van der Waals surface area contributed by atoms with Crippen LogP contribution >= 0.6 is 11.8 Å². The number of pyridine rings is 1. The number of likely N-dealkylation sites (tertiary alicyclic amines) is 1. The Bertz CT molecular complexity index is 499. The molecule has 1 amide bonds. The third-order valence-electron chi connectivity index (χ3n) is 3.32. The molecule has 0 spiro atoms. The van der Waals surface area contributed by atoms with E-state index in [2.05, 4.69) is 18.0 Å². The second-order valence-corrected chi connectivity index (χ2v) is 7.49. The molecule has 0 saturated carbocycles. The van der Waals surface area contributed by atoms with Crippen LogP contribution < -0.4 is 0 Å². The number of aromatic nitrogens is 1. The van der Waals surface area contributed by atoms with E-state index in [4.69, 9.17) is 4.74 Å². The highest BCUT2D eigenvalue weighted by atomic mass is 32.2. The normalized spacial score (nSPS) is 18.9. The van der Waals surface area contributed by atoms with Gasteiger partial charge in [-0.25, -0.2) is 9.78 Å². The van der Waals surface area contributed by atoms with Gasteiger partial charge in [0.05, 0.1) is 5.03 Å². The van der Waals surface area contributed by atoms with Crippen LogP contribution in [0, 0.1) is 6.92 Å². The van der Waals surface area contributed by atoms with E-state index < -0.39 is 5.60 Å². The lowest BCUT2D eigenvalue weighted by Gasteiger charge is -2.28. The summed E-state index contributed by atoms with van der Waals surface area (Å²) in [7, 11) is 0. The van der Waals surface area contributed by atoms with E-state index in [1.807, 2.05) is 37.9 Å². The van der Waals surface area contributed by atoms with Gasteiger partial charge in [-0.15, -0.1) is 11.8 Å². The van der Waals surface area contributed by atoms with Crippen molar-refractivity contribution in [3.05, 3.63) is 23.9 Å². The van der Waals surface area contributed by atoms with Gasteiger partial charge in [0.25, 0.3) is 0 Å². The standard InChI is InChI=1S/C16H24N2O2S/c1-12-7-8-17-14(10-12)21-11-13-6-5-9-18(13)15(19)20-16(2,3)4/h7-8,10,13H,5-6,9,11H2,1-4H3/t13-/m0/s1. The van der Waals surface area contributed by atoms with E-state index in [0.717, 1.165) is 30.2 Å². The van der Waals surface area contributed by atoms with Crippen molar-refractivity contribution in [3.8, 4) is 0 Å². The summed E-state index contributed by atoms with van der Waals surface area (Å²) in [5.74, 6) is 0.871. The predicted octanol–water partition coefficient (Wildman–Crippen LogP) is 3.88. The third-order valence-corrected chi connectivity index (χ3v) is 4.39. The Balaban J connectivity index is 1.91. The molecule has 116 valence electrons. The van der Waals surface area contributed by atoms with Crippen LogP contribution in [-0.2, 0) is 4.74 Å². The Morgan fingerprint density at radius 2 is 2.29 bits per heavy atom. The second-order valence-electron chi connectivity index (χ2n) is 6.45. The molecule has 1 fully saturated rings. The zero-order valence-electron chi connectivity index (χ0n) is 13.3. The molecule has 4 nitrogen and oxygen atoms in total. The largest absolute Gasteiger partial charge is 0.444 e. The highest BCUT2D eigenvalue weighted by Gasteiger charge is 2.32. The number of carbonyl (C=O) groups is 1. The molecule has 1 aliphatic rings. The van der Waals surface area contributed by atoms with Crippen LogP contribution in [0.5, 0.6) is 0 Å². The number of ether oxygens (including phenoxy) is 1. The Labute approximate surface area is 131 Å². The number of rotatable bonds is 3. The van der Waals surface area contributed by atoms with Gasteiger partial charge in [0.15, 0.2) is 0 Å². The van der Waals surface area contributed by atoms with Crippen molar-refractivity contribution in [2.75, 3.05) is 12.3 Å². The van der Waals surface area contributed by atoms with Crippen LogP contribution in [0.4, 0.5) is 4.79 Å². The fraction of sp³-hybridized carbons (Fsp3) is 0.625. The summed E-state index contributed by atoms with van der Waals surface area (Å²) in [5.41, 5.74) is 0.776. The summed E-state index contributed by atoms with van der Waals surface area (Å²) in [4.78, 5) is 18.4. The first-order valence-corrected chi connectivity index (χ1v) is 8.39. The maximum Gasteiger partial charge on any atom is 0.410 e. The lowest BCUT2D eigenvalue weighted by molar-refractivity contribution is 0.0242. The van der Waals surface area contributed by atoms with Crippen LogP contribution in [0.2, 0.25) is 0 Å². The van der Waals surface area contributed by atoms with Crippen molar-refractivity contribution >= 4 is 17.9 Å². The molecule has 1 saturated heterocycles. The number of carbonyl (C=O) groups excluding carboxylic acids is 1. The predicted molar refractivity (Wildman–Crippen MR) is 85.7 cm³/mol. The van der Waals surface area contributed by atoms with Crippen molar-refractivity contribution < 1.29 is 9.53 Å². The molecule has 2 heterocycles. The summed E-state index contributed by atoms with van der Waals surface area (Å²) < 4.78 is 5.49. The summed E-state index contributed by atoms with van der Waals surface area (Å²) >= 11 is 1.71. The lowest BCUT2D eigenvalue weighted by atomic mass is 10.2. The minimum absolute atomic E-state index is 0.192. The van der Waals surface area contributed by atoms with E-state index in [1.54, 1.807) is 11.8 Å². The van der Waals surface area contributed by atoms with Crippen LogP contribution in [0.3, 0.4) is 0 Å². The SMILES string of the molecule is Cc1ccnc(SC[C@@H]2CCCN2C(=O)OC(C)(C)C)c1. The fourth-order valence-corrected chi connectivity index (χ4v) is 3.45. The molecule has 1 aromatic rings. The van der Waals surface area contributed by atoms with Crippen LogP contribution in [0.25, 0.3) is 0 Å². The highest BCUT2D eigenvalue weighted by molar-refractivity contribution is 7.99. The average molecular weight is 308 g/mol. The molecule has 21 heavy (non-hydrogen) atoms. The Morgan fingerprint density at radius 1 is 1.52 bits per heavy atom. The molecule has 2 rings (SSSR count). The van der Waals surface area contributed by atoms with Crippen LogP contribution in [0.1, 0.15) is 39.2 Å². The Hall–Kier alpha value is -1.23. The molecule has 0 aliphatic carbocycles. The zero-order valence-corrected chi connectivity index (χ0v) is 14.1. The van der Waals surface area contributed by atoms with Crippen molar-refractivity contribution in [1.29, 1.82) is 0 Å². The monoisotopic (exact) mass is 308 g/mol. The van der Waals surface area contributed by atoms with E-state index >= 15 is 0 Å². The summed E-state index contributed by atoms with van der Waals surface area (Å²) in [6.45, 7) is 8.57. The number of amides is 1. The van der Waals surface area contributed by atoms with Crippen LogP contribution in [-0.4, -0.2) is 39.9 Å². The molecule has 0 unspecified atom stereocenters. The summed E-state index contributed by atoms with van der Waals surface area (Å²) in [5, 5.41) is 1.02. The molecular weight excluding hydrogens is 284 g/mol. The van der Waals surface area contributed by atoms with Gasteiger partial charge in [-0.1, -0.05) is 0 Å². The minimum Gasteiger partial charge on any atom is -0.444 e. The van der Waals surface area contributed by atoms with E-state index in [1.165, 1.54) is 5.56 Å². The smallest absolute Gasteiger partial charge is 0.410 e. The van der Waals surface area contributed by atoms with E-state index in [-0.39, 0.29) is 12.1 Å². The van der Waals surface area contributed by atoms with Gasteiger partial charge < -0.3 is 9.64 Å². The van der Waals surface area contributed by atoms with Gasteiger partial charge in [0.2, 0.25) is 0 Å². The maximum absolute atomic E-state index is 12.2. The maximum atomic E-state index is 12.2. The first-order chi connectivity index (χ1) is 9.85. The first-order valence-electron chi connectivity index (χ1n) is 7.40. The molecule has 1 atom stereocenters. The van der Waals surface area contributed by atoms with Gasteiger partial charge in [-0.2, -0.15) is 0 Å². The molecule has 1 aromatic heterocycles. The van der Waals surface area contributed by atoms with Crippen molar-refractivity contribution in [2.45, 2.75) is 57.2 Å². The zero-order chi connectivity index (χ0) is 15.5.